The van der Waals surface area contributed by atoms with Crippen molar-refractivity contribution in [2.75, 3.05) is 13.2 Å². The van der Waals surface area contributed by atoms with Crippen LogP contribution in [0.25, 0.3) is 0 Å². The quantitative estimate of drug-likeness (QED) is 0.590. The summed E-state index contributed by atoms with van der Waals surface area (Å²) in [6.45, 7) is 4.21. The van der Waals surface area contributed by atoms with Crippen molar-refractivity contribution in [2.24, 2.45) is 0 Å². The summed E-state index contributed by atoms with van der Waals surface area (Å²) in [6.07, 6.45) is 0. The van der Waals surface area contributed by atoms with Gasteiger partial charge in [0, 0.05) is 17.0 Å². The lowest BCUT2D eigenvalue weighted by Gasteiger charge is -2.20. The second-order valence-electron chi connectivity index (χ2n) is 5.53. The maximum Gasteiger partial charge on any atom is 0.179 e. The molecule has 0 unspecified atom stereocenters. The molecule has 128 valence electrons. The summed E-state index contributed by atoms with van der Waals surface area (Å²) in [4.78, 5) is 16.0. The van der Waals surface area contributed by atoms with Crippen LogP contribution in [0.3, 0.4) is 0 Å². The van der Waals surface area contributed by atoms with E-state index in [1.54, 1.807) is 13.0 Å². The Labute approximate surface area is 154 Å². The number of hydrogen-bond donors (Lipinski definition) is 0. The molecule has 5 nitrogen and oxygen atoms in total. The highest BCUT2D eigenvalue weighted by Gasteiger charge is 2.18. The first kappa shape index (κ1) is 17.6. The van der Waals surface area contributed by atoms with Crippen molar-refractivity contribution < 1.29 is 14.3 Å². The van der Waals surface area contributed by atoms with Crippen LogP contribution in [0, 0.1) is 18.3 Å². The average Bonchev–Trinajstić information content (AvgIpc) is 2.59. The van der Waals surface area contributed by atoms with Crippen LogP contribution in [0.2, 0.25) is 5.02 Å². The van der Waals surface area contributed by atoms with Crippen LogP contribution < -0.4 is 9.47 Å². The molecule has 2 aromatic rings. The number of carbonyl (C=O) groups excluding carboxylic acids is 1. The van der Waals surface area contributed by atoms with Gasteiger partial charge in [0.2, 0.25) is 0 Å². The molecule has 0 atom stereocenters. The number of ether oxygens (including phenoxy) is 2. The lowest BCUT2D eigenvalue weighted by atomic mass is 10.1. The molecule has 3 rings (SSSR count). The number of aromatic nitrogens is 1. The van der Waals surface area contributed by atoms with Gasteiger partial charge >= 0.3 is 0 Å². The second-order valence-corrected chi connectivity index (χ2v) is 6.90. The smallest absolute Gasteiger partial charge is 0.179 e. The fourth-order valence-corrected chi connectivity index (χ4v) is 3.75. The normalized spacial score (nSPS) is 12.6. The second kappa shape index (κ2) is 7.34. The number of halogens is 1. The molecule has 1 aliphatic rings. The third-order valence-electron chi connectivity index (χ3n) is 3.71. The molecule has 2 heterocycles. The molecule has 0 saturated heterocycles. The van der Waals surface area contributed by atoms with Crippen molar-refractivity contribution in [1.29, 1.82) is 5.26 Å². The summed E-state index contributed by atoms with van der Waals surface area (Å²) >= 11 is 7.67. The monoisotopic (exact) mass is 374 g/mol. The van der Waals surface area contributed by atoms with Crippen LogP contribution in [0.4, 0.5) is 0 Å². The summed E-state index contributed by atoms with van der Waals surface area (Å²) in [5.74, 6) is 1.67. The number of nitrogens with zero attached hydrogens (tertiary/aromatic N) is 2. The largest absolute Gasteiger partial charge is 0.486 e. The number of Topliss-reactive ketones (excluding diaryl/α,β-unsaturated/α-hetero) is 1. The highest BCUT2D eigenvalue weighted by Crippen LogP contribution is 2.39. The van der Waals surface area contributed by atoms with E-state index in [0.717, 1.165) is 5.56 Å². The molecule has 25 heavy (non-hydrogen) atoms. The van der Waals surface area contributed by atoms with Gasteiger partial charge in [-0.25, -0.2) is 4.98 Å². The van der Waals surface area contributed by atoms with Gasteiger partial charge in [-0.2, -0.15) is 5.26 Å². The van der Waals surface area contributed by atoms with E-state index < -0.39 is 0 Å². The number of pyridine rings is 1. The first-order chi connectivity index (χ1) is 12.0. The molecule has 0 spiro atoms. The number of nitriles is 1. The van der Waals surface area contributed by atoms with Crippen LogP contribution in [0.1, 0.15) is 34.1 Å². The Hall–Kier alpha value is -2.23. The molecule has 1 aliphatic heterocycles. The van der Waals surface area contributed by atoms with Crippen molar-refractivity contribution in [3.05, 3.63) is 45.6 Å². The number of benzene rings is 1. The Morgan fingerprint density at radius 2 is 2.12 bits per heavy atom. The maximum atomic E-state index is 11.6. The molecule has 7 heteroatoms. The Bertz CT molecular complexity index is 893. The van der Waals surface area contributed by atoms with Gasteiger partial charge in [-0.3, -0.25) is 4.79 Å². The Morgan fingerprint density at radius 1 is 1.36 bits per heavy atom. The summed E-state index contributed by atoms with van der Waals surface area (Å²) in [7, 11) is 0. The molecule has 0 aliphatic carbocycles. The number of carbonyl (C=O) groups is 1. The van der Waals surface area contributed by atoms with Crippen LogP contribution in [-0.2, 0) is 5.75 Å². The Kier molecular flexibility index (Phi) is 5.16. The highest BCUT2D eigenvalue weighted by atomic mass is 35.5. The zero-order valence-electron chi connectivity index (χ0n) is 13.8. The van der Waals surface area contributed by atoms with Crippen molar-refractivity contribution in [2.45, 2.75) is 24.6 Å². The van der Waals surface area contributed by atoms with Crippen molar-refractivity contribution in [3.8, 4) is 17.6 Å². The van der Waals surface area contributed by atoms with Gasteiger partial charge in [-0.05, 0) is 37.6 Å². The summed E-state index contributed by atoms with van der Waals surface area (Å²) in [5.41, 5.74) is 2.43. The average molecular weight is 375 g/mol. The van der Waals surface area contributed by atoms with Gasteiger partial charge in [-0.1, -0.05) is 11.6 Å². The van der Waals surface area contributed by atoms with Crippen molar-refractivity contribution >= 4 is 29.1 Å². The third-order valence-corrected chi connectivity index (χ3v) is 5.05. The van der Waals surface area contributed by atoms with E-state index in [0.29, 0.717) is 57.3 Å². The number of hydrogen-bond acceptors (Lipinski definition) is 6. The van der Waals surface area contributed by atoms with E-state index in [1.165, 1.54) is 18.7 Å². The van der Waals surface area contributed by atoms with E-state index in [-0.39, 0.29) is 5.78 Å². The van der Waals surface area contributed by atoms with Gasteiger partial charge in [0.25, 0.3) is 0 Å². The third kappa shape index (κ3) is 3.73. The molecular formula is C18H15ClN2O3S. The van der Waals surface area contributed by atoms with E-state index in [4.69, 9.17) is 21.1 Å². The van der Waals surface area contributed by atoms with Gasteiger partial charge < -0.3 is 9.47 Å². The fraction of sp³-hybridized carbons (Fsp3) is 0.278. The van der Waals surface area contributed by atoms with E-state index in [9.17, 15) is 10.1 Å². The van der Waals surface area contributed by atoms with E-state index >= 15 is 0 Å². The highest BCUT2D eigenvalue weighted by molar-refractivity contribution is 7.98. The minimum Gasteiger partial charge on any atom is -0.486 e. The molecule has 0 bridgehead atoms. The zero-order valence-corrected chi connectivity index (χ0v) is 15.3. The van der Waals surface area contributed by atoms with Gasteiger partial charge in [0.1, 0.15) is 24.3 Å². The first-order valence-corrected chi connectivity index (χ1v) is 8.99. The van der Waals surface area contributed by atoms with Crippen molar-refractivity contribution in [3.63, 3.8) is 0 Å². The maximum absolute atomic E-state index is 11.6. The molecule has 1 aromatic carbocycles. The lowest BCUT2D eigenvalue weighted by Crippen LogP contribution is -2.15. The number of thioether (sulfide) groups is 1. The van der Waals surface area contributed by atoms with Crippen LogP contribution in [0.5, 0.6) is 11.5 Å². The van der Waals surface area contributed by atoms with Crippen LogP contribution >= 0.6 is 23.4 Å². The minimum atomic E-state index is -0.100. The number of aryl methyl sites for hydroxylation is 1. The summed E-state index contributed by atoms with van der Waals surface area (Å²) < 4.78 is 11.1. The van der Waals surface area contributed by atoms with Gasteiger partial charge in [0.05, 0.1) is 10.6 Å². The molecule has 0 radical (unpaired) electrons. The molecular weight excluding hydrogens is 360 g/mol. The number of rotatable bonds is 4. The molecule has 0 fully saturated rings. The van der Waals surface area contributed by atoms with Crippen molar-refractivity contribution in [1.82, 2.24) is 4.98 Å². The topological polar surface area (TPSA) is 72.2 Å². The predicted molar refractivity (Wildman–Crippen MR) is 95.7 cm³/mol. The zero-order chi connectivity index (χ0) is 18.0. The first-order valence-electron chi connectivity index (χ1n) is 7.63. The van der Waals surface area contributed by atoms with Crippen LogP contribution in [0.15, 0.2) is 23.2 Å². The van der Waals surface area contributed by atoms with Gasteiger partial charge in [0.15, 0.2) is 17.3 Å². The number of fused-ring (bicyclic) bond motifs is 1. The molecule has 1 aromatic heterocycles. The Morgan fingerprint density at radius 3 is 2.84 bits per heavy atom. The number of ketones is 1. The molecule has 0 saturated carbocycles. The SMILES string of the molecule is CC(=O)c1cc(C#N)c(SCc2cc(Cl)c3c(c2)OCCO3)nc1C. The Balaban J connectivity index is 1.85. The molecule has 0 N–H and O–H groups in total. The minimum absolute atomic E-state index is 0.100. The lowest BCUT2D eigenvalue weighted by molar-refractivity contribution is 0.101. The predicted octanol–water partition coefficient (Wildman–Crippen LogP) is 4.18. The standard InChI is InChI=1S/C18H15ClN2O3S/c1-10-14(11(2)22)7-13(8-20)18(21-10)25-9-12-5-15(19)17-16(6-12)23-3-4-24-17/h5-7H,3-4,9H2,1-2H3. The van der Waals surface area contributed by atoms with E-state index in [2.05, 4.69) is 11.1 Å². The summed E-state index contributed by atoms with van der Waals surface area (Å²) in [5, 5.41) is 10.4. The fourth-order valence-electron chi connectivity index (χ4n) is 2.53. The molecule has 0 amide bonds. The van der Waals surface area contributed by atoms with Gasteiger partial charge in [-0.15, -0.1) is 11.8 Å². The van der Waals surface area contributed by atoms with Crippen LogP contribution in [-0.4, -0.2) is 24.0 Å². The summed E-state index contributed by atoms with van der Waals surface area (Å²) in [6, 6.07) is 7.42. The van der Waals surface area contributed by atoms with E-state index in [1.807, 2.05) is 12.1 Å².